The highest BCUT2D eigenvalue weighted by molar-refractivity contribution is 6.79. The summed E-state index contributed by atoms with van der Waals surface area (Å²) in [5, 5.41) is 0. The molecule has 0 atom stereocenters. The van der Waals surface area contributed by atoms with Crippen molar-refractivity contribution in [2.24, 2.45) is 0 Å². The van der Waals surface area contributed by atoms with Crippen molar-refractivity contribution >= 4 is 20.5 Å². The van der Waals surface area contributed by atoms with E-state index in [0.29, 0.717) is 0 Å². The van der Waals surface area contributed by atoms with Crippen molar-refractivity contribution in [2.75, 3.05) is 19.6 Å². The molecular weight excluding hydrogens is 246 g/mol. The molecule has 104 valence electrons. The van der Waals surface area contributed by atoms with Gasteiger partial charge in [0.1, 0.15) is 0 Å². The van der Waals surface area contributed by atoms with Crippen LogP contribution in [0.5, 0.6) is 0 Å². The fourth-order valence-electron chi connectivity index (χ4n) is 3.14. The maximum absolute atomic E-state index is 2.70. The van der Waals surface area contributed by atoms with Crippen molar-refractivity contribution in [2.45, 2.75) is 70.6 Å². The number of hydrogen-bond acceptors (Lipinski definition) is 1. The van der Waals surface area contributed by atoms with Crippen LogP contribution >= 0.6 is 12.4 Å². The Morgan fingerprint density at radius 1 is 0.882 bits per heavy atom. The Kier molecular flexibility index (Phi) is 9.66. The van der Waals surface area contributed by atoms with Crippen LogP contribution in [0.25, 0.3) is 0 Å². The van der Waals surface area contributed by atoms with Gasteiger partial charge in [-0.3, -0.25) is 0 Å². The van der Waals surface area contributed by atoms with Crippen LogP contribution in [0, 0.1) is 0 Å². The third-order valence-electron chi connectivity index (χ3n) is 4.88. The molecule has 1 aliphatic rings. The number of nitrogens with zero attached hydrogens (tertiary/aromatic N) is 1. The van der Waals surface area contributed by atoms with Gasteiger partial charge >= 0.3 is 0 Å². The first kappa shape index (κ1) is 17.5. The summed E-state index contributed by atoms with van der Waals surface area (Å²) in [4.78, 5) is 2.70. The zero-order valence-corrected chi connectivity index (χ0v) is 14.0. The first-order valence-corrected chi connectivity index (χ1v) is 10.3. The number of halogens is 1. The molecule has 0 aromatic rings. The third-order valence-corrected chi connectivity index (χ3v) is 10.8. The van der Waals surface area contributed by atoms with E-state index in [1.165, 1.54) is 63.4 Å². The van der Waals surface area contributed by atoms with Gasteiger partial charge in [-0.1, -0.05) is 51.4 Å². The first-order chi connectivity index (χ1) is 7.76. The smallest absolute Gasteiger partial charge is 0.0528 e. The Bertz CT molecular complexity index is 169. The van der Waals surface area contributed by atoms with E-state index in [9.17, 15) is 0 Å². The van der Waals surface area contributed by atoms with E-state index in [4.69, 9.17) is 0 Å². The molecule has 0 aliphatic carbocycles. The number of piperidine rings is 1. The van der Waals surface area contributed by atoms with E-state index in [0.717, 1.165) is 0 Å². The Morgan fingerprint density at radius 2 is 1.41 bits per heavy atom. The van der Waals surface area contributed by atoms with Crippen molar-refractivity contribution in [3.8, 4) is 0 Å². The lowest BCUT2D eigenvalue weighted by Gasteiger charge is -2.31. The zero-order chi connectivity index (χ0) is 11.9. The van der Waals surface area contributed by atoms with Crippen LogP contribution in [0.3, 0.4) is 0 Å². The van der Waals surface area contributed by atoms with Crippen molar-refractivity contribution in [1.29, 1.82) is 0 Å². The van der Waals surface area contributed by atoms with Gasteiger partial charge in [-0.25, -0.2) is 0 Å². The first-order valence-electron chi connectivity index (χ1n) is 7.48. The monoisotopic (exact) mass is 277 g/mol. The molecule has 0 spiro atoms. The fourth-order valence-corrected chi connectivity index (χ4v) is 6.61. The van der Waals surface area contributed by atoms with Gasteiger partial charge in [0.25, 0.3) is 0 Å². The molecule has 1 aliphatic heterocycles. The number of hydrogen-bond donors (Lipinski definition) is 0. The SMILES string of the molecule is CC[Si](CC)(CC)CCCN1CCCCC1.Cl. The Hall–Kier alpha value is 0.467. The zero-order valence-electron chi connectivity index (χ0n) is 12.1. The average molecular weight is 278 g/mol. The quantitative estimate of drug-likeness (QED) is 0.605. The predicted octanol–water partition coefficient (Wildman–Crippen LogP) is 4.79. The molecule has 0 saturated carbocycles. The third kappa shape index (κ3) is 5.76. The summed E-state index contributed by atoms with van der Waals surface area (Å²) in [6, 6.07) is 6.08. The van der Waals surface area contributed by atoms with E-state index < -0.39 is 8.07 Å². The van der Waals surface area contributed by atoms with Crippen LogP contribution in [0.2, 0.25) is 24.2 Å². The highest BCUT2D eigenvalue weighted by atomic mass is 35.5. The molecule has 0 aromatic carbocycles. The minimum Gasteiger partial charge on any atom is -0.303 e. The van der Waals surface area contributed by atoms with E-state index in [2.05, 4.69) is 25.7 Å². The van der Waals surface area contributed by atoms with Crippen LogP contribution in [-0.4, -0.2) is 32.6 Å². The molecule has 0 aromatic heterocycles. The lowest BCUT2D eigenvalue weighted by Crippen LogP contribution is -2.34. The second-order valence-electron chi connectivity index (χ2n) is 5.57. The van der Waals surface area contributed by atoms with Crippen molar-refractivity contribution in [3.05, 3.63) is 0 Å². The molecule has 1 nitrogen and oxygen atoms in total. The molecule has 0 unspecified atom stereocenters. The molecule has 0 N–H and O–H groups in total. The highest BCUT2D eigenvalue weighted by Crippen LogP contribution is 2.26. The topological polar surface area (TPSA) is 3.24 Å². The van der Waals surface area contributed by atoms with Gasteiger partial charge < -0.3 is 4.90 Å². The van der Waals surface area contributed by atoms with E-state index in [-0.39, 0.29) is 12.4 Å². The van der Waals surface area contributed by atoms with Gasteiger partial charge in [-0.2, -0.15) is 0 Å². The van der Waals surface area contributed by atoms with Gasteiger partial charge in [0.15, 0.2) is 0 Å². The Morgan fingerprint density at radius 3 is 1.88 bits per heavy atom. The van der Waals surface area contributed by atoms with Gasteiger partial charge in [-0.05, 0) is 38.9 Å². The van der Waals surface area contributed by atoms with Crippen LogP contribution in [0.1, 0.15) is 46.5 Å². The predicted molar refractivity (Wildman–Crippen MR) is 84.2 cm³/mol. The summed E-state index contributed by atoms with van der Waals surface area (Å²) in [5.41, 5.74) is 0. The van der Waals surface area contributed by atoms with Crippen molar-refractivity contribution < 1.29 is 0 Å². The number of rotatable bonds is 7. The lowest BCUT2D eigenvalue weighted by molar-refractivity contribution is 0.229. The second kappa shape index (κ2) is 9.40. The highest BCUT2D eigenvalue weighted by Gasteiger charge is 2.25. The van der Waals surface area contributed by atoms with E-state index >= 15 is 0 Å². The second-order valence-corrected chi connectivity index (χ2v) is 11.2. The Labute approximate surface area is 116 Å². The van der Waals surface area contributed by atoms with Crippen LogP contribution in [0.15, 0.2) is 0 Å². The van der Waals surface area contributed by atoms with Crippen LogP contribution in [-0.2, 0) is 0 Å². The molecule has 1 fully saturated rings. The van der Waals surface area contributed by atoms with Crippen molar-refractivity contribution in [1.82, 2.24) is 4.90 Å². The standard InChI is InChI=1S/C14H31NSi.ClH/c1-4-16(5-2,6-3)14-10-13-15-11-8-7-9-12-15;/h4-14H2,1-3H3;1H. The van der Waals surface area contributed by atoms with Gasteiger partial charge in [0.05, 0.1) is 8.07 Å². The number of likely N-dealkylation sites (tertiary alicyclic amines) is 1. The summed E-state index contributed by atoms with van der Waals surface area (Å²) in [6.45, 7) is 11.4. The fraction of sp³-hybridized carbons (Fsp3) is 1.00. The summed E-state index contributed by atoms with van der Waals surface area (Å²) < 4.78 is 0. The molecule has 17 heavy (non-hydrogen) atoms. The van der Waals surface area contributed by atoms with Gasteiger partial charge in [0.2, 0.25) is 0 Å². The lowest BCUT2D eigenvalue weighted by atomic mass is 10.1. The summed E-state index contributed by atoms with van der Waals surface area (Å²) in [6.07, 6.45) is 5.83. The summed E-state index contributed by atoms with van der Waals surface area (Å²) >= 11 is 0. The minimum absolute atomic E-state index is 0. The van der Waals surface area contributed by atoms with E-state index in [1.807, 2.05) is 0 Å². The average Bonchev–Trinajstić information content (AvgIpc) is 2.37. The van der Waals surface area contributed by atoms with Crippen LogP contribution < -0.4 is 0 Å². The normalized spacial score (nSPS) is 17.8. The molecule has 0 amide bonds. The maximum atomic E-state index is 2.70. The Balaban J connectivity index is 0.00000256. The molecule has 3 heteroatoms. The van der Waals surface area contributed by atoms with E-state index in [1.54, 1.807) is 6.04 Å². The molecule has 0 bridgehead atoms. The maximum Gasteiger partial charge on any atom is 0.0528 e. The van der Waals surface area contributed by atoms with Crippen molar-refractivity contribution in [3.63, 3.8) is 0 Å². The molecule has 1 heterocycles. The molecule has 1 saturated heterocycles. The molecule has 1 rings (SSSR count). The van der Waals surface area contributed by atoms with Gasteiger partial charge in [-0.15, -0.1) is 12.4 Å². The summed E-state index contributed by atoms with van der Waals surface area (Å²) in [7, 11) is -0.829. The largest absolute Gasteiger partial charge is 0.303 e. The van der Waals surface area contributed by atoms with Gasteiger partial charge in [0, 0.05) is 0 Å². The molecular formula is C14H32ClNSi. The minimum atomic E-state index is -0.829. The summed E-state index contributed by atoms with van der Waals surface area (Å²) in [5.74, 6) is 0. The molecule has 0 radical (unpaired) electrons. The van der Waals surface area contributed by atoms with Crippen LogP contribution in [0.4, 0.5) is 0 Å².